The number of aliphatic hydroxyl groups is 2. The second kappa shape index (κ2) is 6.92. The number of rotatable bonds is 4. The third kappa shape index (κ3) is 3.07. The summed E-state index contributed by atoms with van der Waals surface area (Å²) in [5.74, 6) is 0.249. The molecule has 1 saturated heterocycles. The number of aromatic nitrogens is 2. The summed E-state index contributed by atoms with van der Waals surface area (Å²) in [6, 6.07) is 5.43. The van der Waals surface area contributed by atoms with Crippen LogP contribution in [0.5, 0.6) is 0 Å². The molecule has 1 aromatic heterocycles. The Morgan fingerprint density at radius 3 is 2.69 bits per heavy atom. The Kier molecular flexibility index (Phi) is 4.62. The summed E-state index contributed by atoms with van der Waals surface area (Å²) >= 11 is 1.49. The molecule has 0 radical (unpaired) electrons. The number of nitrogens with one attached hydrogen (secondary N) is 1. The molecule has 26 heavy (non-hydrogen) atoms. The number of nitrogens with two attached hydrogens (primary N) is 1. The van der Waals surface area contributed by atoms with Crippen molar-refractivity contribution in [2.45, 2.75) is 35.1 Å². The van der Waals surface area contributed by atoms with Gasteiger partial charge in [-0.2, -0.15) is 0 Å². The molecule has 1 aromatic carbocycles. The predicted octanol–water partition coefficient (Wildman–Crippen LogP) is 0.852. The monoisotopic (exact) mass is 375 g/mol. The van der Waals surface area contributed by atoms with Gasteiger partial charge >= 0.3 is 0 Å². The van der Waals surface area contributed by atoms with Crippen molar-refractivity contribution < 1.29 is 14.6 Å². The molecule has 3 heterocycles. The van der Waals surface area contributed by atoms with Crippen LogP contribution >= 0.6 is 11.8 Å². The molecule has 0 aliphatic carbocycles. The average molecular weight is 375 g/mol. The molecule has 0 saturated carbocycles. The molecule has 2 aliphatic heterocycles. The number of thioether (sulfide) groups is 1. The van der Waals surface area contributed by atoms with Gasteiger partial charge in [0.2, 0.25) is 0 Å². The van der Waals surface area contributed by atoms with Gasteiger partial charge in [0.15, 0.2) is 5.82 Å². The zero-order valence-electron chi connectivity index (χ0n) is 13.7. The first-order chi connectivity index (χ1) is 12.5. The lowest BCUT2D eigenvalue weighted by molar-refractivity contribution is 0.0299. The van der Waals surface area contributed by atoms with Crippen molar-refractivity contribution in [2.75, 3.05) is 11.5 Å². The van der Waals surface area contributed by atoms with Gasteiger partial charge in [-0.3, -0.25) is 4.99 Å². The summed E-state index contributed by atoms with van der Waals surface area (Å²) in [4.78, 5) is 13.3. The third-order valence-corrected chi connectivity index (χ3v) is 5.86. The van der Waals surface area contributed by atoms with E-state index in [1.807, 2.05) is 0 Å². The number of anilines is 1. The van der Waals surface area contributed by atoms with Crippen LogP contribution in [0.25, 0.3) is 0 Å². The van der Waals surface area contributed by atoms with E-state index in [1.54, 1.807) is 18.3 Å². The van der Waals surface area contributed by atoms with Crippen molar-refractivity contribution in [1.82, 2.24) is 15.3 Å². The SMILES string of the molecule is Nc1ncnc2c1N=CC2[C@H]1N[C@@H](CSc2ccc(F)cc2)[C@H](O)[C@@H]1O. The first-order valence-corrected chi connectivity index (χ1v) is 9.18. The van der Waals surface area contributed by atoms with Crippen LogP contribution in [0.3, 0.4) is 0 Å². The lowest BCUT2D eigenvalue weighted by Crippen LogP contribution is -2.39. The molecule has 5 atom stereocenters. The van der Waals surface area contributed by atoms with Gasteiger partial charge in [-0.15, -0.1) is 11.8 Å². The second-order valence-electron chi connectivity index (χ2n) is 6.34. The van der Waals surface area contributed by atoms with E-state index in [0.717, 1.165) is 4.90 Å². The Bertz CT molecular complexity index is 834. The minimum Gasteiger partial charge on any atom is -0.389 e. The Balaban J connectivity index is 1.46. The number of aliphatic hydroxyl groups excluding tert-OH is 2. The fourth-order valence-electron chi connectivity index (χ4n) is 3.35. The third-order valence-electron chi connectivity index (χ3n) is 4.73. The highest BCUT2D eigenvalue weighted by molar-refractivity contribution is 7.99. The summed E-state index contributed by atoms with van der Waals surface area (Å²) in [5, 5.41) is 24.2. The first-order valence-electron chi connectivity index (χ1n) is 8.19. The maximum atomic E-state index is 13.0. The molecule has 0 amide bonds. The van der Waals surface area contributed by atoms with Gasteiger partial charge in [-0.1, -0.05) is 0 Å². The van der Waals surface area contributed by atoms with E-state index < -0.39 is 18.2 Å². The fourth-order valence-corrected chi connectivity index (χ4v) is 4.34. The maximum Gasteiger partial charge on any atom is 0.153 e. The van der Waals surface area contributed by atoms with Crippen molar-refractivity contribution >= 4 is 29.5 Å². The molecule has 1 unspecified atom stereocenters. The van der Waals surface area contributed by atoms with Crippen LogP contribution in [-0.4, -0.2) is 56.4 Å². The highest BCUT2D eigenvalue weighted by atomic mass is 32.2. The van der Waals surface area contributed by atoms with Gasteiger partial charge in [-0.25, -0.2) is 14.4 Å². The molecular weight excluding hydrogens is 357 g/mol. The number of hydrogen-bond donors (Lipinski definition) is 4. The van der Waals surface area contributed by atoms with E-state index in [9.17, 15) is 14.6 Å². The van der Waals surface area contributed by atoms with Crippen LogP contribution in [0.1, 0.15) is 11.6 Å². The molecule has 2 aliphatic rings. The number of nitrogens with zero attached hydrogens (tertiary/aromatic N) is 3. The van der Waals surface area contributed by atoms with E-state index in [2.05, 4.69) is 20.3 Å². The second-order valence-corrected chi connectivity index (χ2v) is 7.44. The minimum atomic E-state index is -0.965. The molecule has 4 rings (SSSR count). The lowest BCUT2D eigenvalue weighted by Gasteiger charge is -2.21. The number of benzene rings is 1. The highest BCUT2D eigenvalue weighted by Crippen LogP contribution is 2.38. The van der Waals surface area contributed by atoms with Gasteiger partial charge in [-0.05, 0) is 24.3 Å². The molecule has 1 fully saturated rings. The van der Waals surface area contributed by atoms with Gasteiger partial charge in [0.1, 0.15) is 17.8 Å². The molecular formula is C17H18FN5O2S. The normalized spacial score (nSPS) is 29.9. The summed E-state index contributed by atoms with van der Waals surface area (Å²) in [6.45, 7) is 0. The topological polar surface area (TPSA) is 117 Å². The largest absolute Gasteiger partial charge is 0.389 e. The van der Waals surface area contributed by atoms with E-state index in [1.165, 1.54) is 30.2 Å². The van der Waals surface area contributed by atoms with E-state index in [4.69, 9.17) is 5.73 Å². The van der Waals surface area contributed by atoms with Crippen molar-refractivity contribution in [3.05, 3.63) is 42.1 Å². The predicted molar refractivity (Wildman–Crippen MR) is 97.2 cm³/mol. The van der Waals surface area contributed by atoms with Crippen molar-refractivity contribution in [2.24, 2.45) is 4.99 Å². The first kappa shape index (κ1) is 17.3. The van der Waals surface area contributed by atoms with Gasteiger partial charge in [0, 0.05) is 28.9 Å². The average Bonchev–Trinajstić information content (AvgIpc) is 3.18. The zero-order valence-corrected chi connectivity index (χ0v) is 14.5. The molecule has 0 spiro atoms. The molecule has 9 heteroatoms. The van der Waals surface area contributed by atoms with Crippen LogP contribution in [0.4, 0.5) is 15.9 Å². The molecule has 7 nitrogen and oxygen atoms in total. The Hall–Kier alpha value is -2.07. The van der Waals surface area contributed by atoms with Crippen LogP contribution in [0.2, 0.25) is 0 Å². The summed E-state index contributed by atoms with van der Waals surface area (Å²) in [6.07, 6.45) is 1.16. The summed E-state index contributed by atoms with van der Waals surface area (Å²) in [7, 11) is 0. The number of fused-ring (bicyclic) bond motifs is 1. The lowest BCUT2D eigenvalue weighted by atomic mass is 9.94. The smallest absolute Gasteiger partial charge is 0.153 e. The van der Waals surface area contributed by atoms with Gasteiger partial charge in [0.25, 0.3) is 0 Å². The molecule has 2 aromatic rings. The Labute approximate surface area is 153 Å². The highest BCUT2D eigenvalue weighted by Gasteiger charge is 2.46. The quantitative estimate of drug-likeness (QED) is 0.586. The Morgan fingerprint density at radius 1 is 1.15 bits per heavy atom. The summed E-state index contributed by atoms with van der Waals surface area (Å²) in [5.41, 5.74) is 6.98. The van der Waals surface area contributed by atoms with E-state index in [0.29, 0.717) is 23.0 Å². The minimum absolute atomic E-state index is 0.288. The maximum absolute atomic E-state index is 13.0. The molecule has 5 N–H and O–H groups in total. The van der Waals surface area contributed by atoms with E-state index >= 15 is 0 Å². The van der Waals surface area contributed by atoms with Crippen molar-refractivity contribution in [3.8, 4) is 0 Å². The number of halogens is 1. The van der Waals surface area contributed by atoms with Crippen molar-refractivity contribution in [3.63, 3.8) is 0 Å². The van der Waals surface area contributed by atoms with Gasteiger partial charge < -0.3 is 21.3 Å². The fraction of sp³-hybridized carbons (Fsp3) is 0.353. The van der Waals surface area contributed by atoms with Crippen LogP contribution < -0.4 is 11.1 Å². The number of aliphatic imine (C=N–C) groups is 1. The summed E-state index contributed by atoms with van der Waals surface area (Å²) < 4.78 is 13.0. The Morgan fingerprint density at radius 2 is 1.92 bits per heavy atom. The van der Waals surface area contributed by atoms with Gasteiger partial charge in [0.05, 0.1) is 23.8 Å². The van der Waals surface area contributed by atoms with Crippen LogP contribution in [0.15, 0.2) is 40.5 Å². The van der Waals surface area contributed by atoms with E-state index in [-0.39, 0.29) is 17.8 Å². The molecule has 136 valence electrons. The standard InChI is InChI=1S/C17H18FN5O2S/c18-8-1-3-9(4-2-8)26-6-11-15(24)16(25)13(23-11)10-5-20-14-12(10)21-7-22-17(14)19/h1-5,7,10-11,13,15-16,23-25H,6H2,(H2,19,21,22)/t10?,11-,13+,15-,16+/m0/s1. The number of nitrogen functional groups attached to an aromatic ring is 1. The molecule has 0 bridgehead atoms. The van der Waals surface area contributed by atoms with Crippen molar-refractivity contribution in [1.29, 1.82) is 0 Å². The zero-order chi connectivity index (χ0) is 18.3. The van der Waals surface area contributed by atoms with Crippen LogP contribution in [-0.2, 0) is 0 Å². The van der Waals surface area contributed by atoms with Crippen LogP contribution in [0, 0.1) is 5.82 Å². The number of hydrogen-bond acceptors (Lipinski definition) is 8.